The van der Waals surface area contributed by atoms with E-state index in [0.29, 0.717) is 57.1 Å². The van der Waals surface area contributed by atoms with Gasteiger partial charge >= 0.3 is 0 Å². The van der Waals surface area contributed by atoms with Gasteiger partial charge < -0.3 is 9.47 Å². The summed E-state index contributed by atoms with van der Waals surface area (Å²) in [6, 6.07) is 16.8. The minimum absolute atomic E-state index is 0.135. The Kier molecular flexibility index (Phi) is 11.9. The van der Waals surface area contributed by atoms with Crippen molar-refractivity contribution in [3.63, 3.8) is 0 Å². The van der Waals surface area contributed by atoms with Gasteiger partial charge in [0.15, 0.2) is 9.84 Å². The molecule has 0 amide bonds. The average Bonchev–Trinajstić information content (AvgIpc) is 2.80. The van der Waals surface area contributed by atoms with Gasteiger partial charge in [0.05, 0.1) is 15.5 Å². The van der Waals surface area contributed by atoms with Crippen LogP contribution in [0.2, 0.25) is 0 Å². The SMILES string of the molecule is O=S(=O)(CCCCOCCCCOCCCNS(=O)(=O)c1ccccc1)c1ccccc1. The van der Waals surface area contributed by atoms with Crippen molar-refractivity contribution >= 4 is 19.9 Å². The molecule has 178 valence electrons. The molecule has 0 heterocycles. The number of hydrogen-bond acceptors (Lipinski definition) is 6. The van der Waals surface area contributed by atoms with Crippen LogP contribution in [0.4, 0.5) is 0 Å². The summed E-state index contributed by atoms with van der Waals surface area (Å²) < 4.78 is 62.1. The highest BCUT2D eigenvalue weighted by Crippen LogP contribution is 2.12. The number of sulfonamides is 1. The van der Waals surface area contributed by atoms with E-state index in [1.807, 2.05) is 0 Å². The highest BCUT2D eigenvalue weighted by molar-refractivity contribution is 7.91. The van der Waals surface area contributed by atoms with Crippen LogP contribution >= 0.6 is 0 Å². The highest BCUT2D eigenvalue weighted by Gasteiger charge is 2.13. The van der Waals surface area contributed by atoms with Crippen LogP contribution in [-0.4, -0.2) is 55.6 Å². The number of hydrogen-bond donors (Lipinski definition) is 1. The molecular formula is C23H33NO6S2. The summed E-state index contributed by atoms with van der Waals surface area (Å²) in [6.45, 7) is 2.59. The monoisotopic (exact) mass is 483 g/mol. The van der Waals surface area contributed by atoms with Crippen molar-refractivity contribution in [3.05, 3.63) is 60.7 Å². The Labute approximate surface area is 192 Å². The Morgan fingerprint density at radius 2 is 1.06 bits per heavy atom. The van der Waals surface area contributed by atoms with Gasteiger partial charge in [-0.15, -0.1) is 0 Å². The normalized spacial score (nSPS) is 12.1. The molecule has 0 bridgehead atoms. The fraction of sp³-hybridized carbons (Fsp3) is 0.478. The fourth-order valence-electron chi connectivity index (χ4n) is 2.92. The number of nitrogens with one attached hydrogen (secondary N) is 1. The zero-order valence-electron chi connectivity index (χ0n) is 18.3. The van der Waals surface area contributed by atoms with E-state index in [1.54, 1.807) is 60.7 Å². The van der Waals surface area contributed by atoms with Crippen LogP contribution in [-0.2, 0) is 29.3 Å². The molecule has 0 aliphatic rings. The van der Waals surface area contributed by atoms with Crippen molar-refractivity contribution < 1.29 is 26.3 Å². The molecule has 0 spiro atoms. The van der Waals surface area contributed by atoms with Crippen molar-refractivity contribution in [3.8, 4) is 0 Å². The molecular weight excluding hydrogens is 450 g/mol. The van der Waals surface area contributed by atoms with Crippen LogP contribution in [0, 0.1) is 0 Å². The molecule has 7 nitrogen and oxygen atoms in total. The molecule has 0 atom stereocenters. The van der Waals surface area contributed by atoms with Gasteiger partial charge in [0.1, 0.15) is 0 Å². The van der Waals surface area contributed by atoms with Crippen molar-refractivity contribution in [1.29, 1.82) is 0 Å². The van der Waals surface area contributed by atoms with Gasteiger partial charge in [-0.2, -0.15) is 0 Å². The van der Waals surface area contributed by atoms with E-state index in [9.17, 15) is 16.8 Å². The Hall–Kier alpha value is -1.78. The maximum atomic E-state index is 12.2. The van der Waals surface area contributed by atoms with E-state index < -0.39 is 19.9 Å². The maximum absolute atomic E-state index is 12.2. The first-order valence-corrected chi connectivity index (χ1v) is 14.0. The van der Waals surface area contributed by atoms with Gasteiger partial charge in [0.25, 0.3) is 0 Å². The second-order valence-corrected chi connectivity index (χ2v) is 11.2. The molecule has 0 aliphatic heterocycles. The third-order valence-corrected chi connectivity index (χ3v) is 7.99. The number of ether oxygens (including phenoxy) is 2. The van der Waals surface area contributed by atoms with Crippen LogP contribution in [0.5, 0.6) is 0 Å². The van der Waals surface area contributed by atoms with Crippen LogP contribution in [0.15, 0.2) is 70.5 Å². The lowest BCUT2D eigenvalue weighted by atomic mass is 10.3. The molecule has 0 unspecified atom stereocenters. The molecule has 2 rings (SSSR count). The third kappa shape index (κ3) is 10.2. The van der Waals surface area contributed by atoms with Gasteiger partial charge in [-0.1, -0.05) is 36.4 Å². The molecule has 32 heavy (non-hydrogen) atoms. The second kappa shape index (κ2) is 14.4. The topological polar surface area (TPSA) is 98.8 Å². The summed E-state index contributed by atoms with van der Waals surface area (Å²) in [5.41, 5.74) is 0. The Balaban J connectivity index is 1.39. The van der Waals surface area contributed by atoms with Crippen LogP contribution in [0.25, 0.3) is 0 Å². The molecule has 2 aromatic carbocycles. The summed E-state index contributed by atoms with van der Waals surface area (Å²) in [6.07, 6.45) is 3.62. The largest absolute Gasteiger partial charge is 0.381 e. The predicted molar refractivity (Wildman–Crippen MR) is 125 cm³/mol. The summed E-state index contributed by atoms with van der Waals surface area (Å²) in [4.78, 5) is 0.633. The molecule has 1 N–H and O–H groups in total. The summed E-state index contributed by atoms with van der Waals surface area (Å²) in [5, 5.41) is 0. The minimum atomic E-state index is -3.45. The zero-order valence-corrected chi connectivity index (χ0v) is 20.0. The molecule has 0 aromatic heterocycles. The summed E-state index contributed by atoms with van der Waals surface area (Å²) in [5.74, 6) is 0.135. The first-order chi connectivity index (χ1) is 15.4. The summed E-state index contributed by atoms with van der Waals surface area (Å²) >= 11 is 0. The van der Waals surface area contributed by atoms with E-state index in [2.05, 4.69) is 4.72 Å². The van der Waals surface area contributed by atoms with Gasteiger partial charge in [0, 0.05) is 33.0 Å². The van der Waals surface area contributed by atoms with Crippen molar-refractivity contribution in [2.45, 2.75) is 41.9 Å². The van der Waals surface area contributed by atoms with E-state index >= 15 is 0 Å². The minimum Gasteiger partial charge on any atom is -0.381 e. The van der Waals surface area contributed by atoms with Crippen LogP contribution in [0.1, 0.15) is 32.1 Å². The first-order valence-electron chi connectivity index (χ1n) is 10.9. The predicted octanol–water partition coefficient (Wildman–Crippen LogP) is 3.42. The van der Waals surface area contributed by atoms with Crippen molar-refractivity contribution in [2.24, 2.45) is 0 Å². The Morgan fingerprint density at radius 3 is 1.62 bits per heavy atom. The lowest BCUT2D eigenvalue weighted by Gasteiger charge is -2.08. The number of benzene rings is 2. The van der Waals surface area contributed by atoms with Crippen molar-refractivity contribution in [2.75, 3.05) is 38.7 Å². The second-order valence-electron chi connectivity index (χ2n) is 7.34. The quantitative estimate of drug-likeness (QED) is 0.346. The third-order valence-electron chi connectivity index (χ3n) is 4.69. The summed E-state index contributed by atoms with van der Waals surface area (Å²) in [7, 11) is -6.66. The Bertz CT molecular complexity index is 883. The number of sulfone groups is 1. The fourth-order valence-corrected chi connectivity index (χ4v) is 5.40. The lowest BCUT2D eigenvalue weighted by Crippen LogP contribution is -2.25. The number of rotatable bonds is 17. The molecule has 0 saturated heterocycles. The molecule has 0 radical (unpaired) electrons. The number of unbranched alkanes of at least 4 members (excludes halogenated alkanes) is 2. The van der Waals surface area contributed by atoms with Crippen molar-refractivity contribution in [1.82, 2.24) is 4.72 Å². The zero-order chi connectivity index (χ0) is 23.1. The highest BCUT2D eigenvalue weighted by atomic mass is 32.2. The lowest BCUT2D eigenvalue weighted by molar-refractivity contribution is 0.101. The molecule has 0 saturated carbocycles. The van der Waals surface area contributed by atoms with Crippen LogP contribution in [0.3, 0.4) is 0 Å². The maximum Gasteiger partial charge on any atom is 0.240 e. The first kappa shape index (κ1) is 26.5. The molecule has 2 aromatic rings. The van der Waals surface area contributed by atoms with Gasteiger partial charge in [-0.25, -0.2) is 21.6 Å². The van der Waals surface area contributed by atoms with E-state index in [0.717, 1.165) is 12.8 Å². The van der Waals surface area contributed by atoms with Gasteiger partial charge in [0.2, 0.25) is 10.0 Å². The average molecular weight is 484 g/mol. The molecule has 0 fully saturated rings. The van der Waals surface area contributed by atoms with Crippen LogP contribution < -0.4 is 4.72 Å². The smallest absolute Gasteiger partial charge is 0.240 e. The van der Waals surface area contributed by atoms with Gasteiger partial charge in [-0.3, -0.25) is 0 Å². The van der Waals surface area contributed by atoms with Gasteiger partial charge in [-0.05, 0) is 56.4 Å². The Morgan fingerprint density at radius 1 is 0.594 bits per heavy atom. The van der Waals surface area contributed by atoms with E-state index in [4.69, 9.17) is 9.47 Å². The standard InChI is InChI=1S/C23H33NO6S2/c25-31(26,22-12-3-1-4-13-22)21-10-9-19-29-17-7-8-18-30-20-11-16-24-32(27,28)23-14-5-2-6-15-23/h1-6,12-15,24H,7-11,16-21H2. The van der Waals surface area contributed by atoms with E-state index in [1.165, 1.54) is 0 Å². The molecule has 9 heteroatoms. The van der Waals surface area contributed by atoms with E-state index in [-0.39, 0.29) is 10.6 Å². The molecule has 0 aliphatic carbocycles.